The van der Waals surface area contributed by atoms with E-state index < -0.39 is 17.5 Å². The molecule has 0 aliphatic rings. The fraction of sp³-hybridized carbons (Fsp3) is 0. The van der Waals surface area contributed by atoms with Gasteiger partial charge in [0.2, 0.25) is 0 Å². The van der Waals surface area contributed by atoms with E-state index >= 15 is 0 Å². The Hall–Kier alpha value is -3.80. The highest BCUT2D eigenvalue weighted by molar-refractivity contribution is 6.08. The molecule has 6 nitrogen and oxygen atoms in total. The maximum atomic E-state index is 11.8. The predicted molar refractivity (Wildman–Crippen MR) is 94.0 cm³/mol. The van der Waals surface area contributed by atoms with Gasteiger partial charge in [0.1, 0.15) is 22.8 Å². The predicted octanol–water partition coefficient (Wildman–Crippen LogP) is 4.25. The van der Waals surface area contributed by atoms with Crippen molar-refractivity contribution in [3.8, 4) is 28.4 Å². The highest BCUT2D eigenvalue weighted by Crippen LogP contribution is 2.35. The third-order valence-corrected chi connectivity index (χ3v) is 3.73. The van der Waals surface area contributed by atoms with Gasteiger partial charge in [-0.15, -0.1) is 0 Å². The number of ether oxygens (including phenoxy) is 1. The van der Waals surface area contributed by atoms with Crippen LogP contribution in [0, 0.1) is 0 Å². The second kappa shape index (κ2) is 6.98. The summed E-state index contributed by atoms with van der Waals surface area (Å²) in [6.45, 7) is 0. The Morgan fingerprint density at radius 2 is 1.46 bits per heavy atom. The minimum atomic E-state index is -1.42. The van der Waals surface area contributed by atoms with Gasteiger partial charge in [-0.25, -0.2) is 9.59 Å². The third-order valence-electron chi connectivity index (χ3n) is 3.73. The summed E-state index contributed by atoms with van der Waals surface area (Å²) in [4.78, 5) is 23.6. The Balaban J connectivity index is 2.19. The van der Waals surface area contributed by atoms with Crippen LogP contribution in [-0.4, -0.2) is 27.3 Å². The number of aromatic carboxylic acids is 2. The lowest BCUT2D eigenvalue weighted by molar-refractivity contribution is 0.0649. The van der Waals surface area contributed by atoms with Crippen molar-refractivity contribution in [2.24, 2.45) is 0 Å². The van der Waals surface area contributed by atoms with Crippen molar-refractivity contribution >= 4 is 11.9 Å². The van der Waals surface area contributed by atoms with Gasteiger partial charge in [0.05, 0.1) is 5.56 Å². The molecule has 0 saturated carbocycles. The summed E-state index contributed by atoms with van der Waals surface area (Å²) in [5.41, 5.74) is 0.0404. The van der Waals surface area contributed by atoms with Crippen LogP contribution >= 0.6 is 0 Å². The van der Waals surface area contributed by atoms with Gasteiger partial charge in [-0.2, -0.15) is 0 Å². The Kier molecular flexibility index (Phi) is 4.57. The minimum Gasteiger partial charge on any atom is -0.508 e. The van der Waals surface area contributed by atoms with Gasteiger partial charge in [-0.05, 0) is 35.4 Å². The number of carboxylic acids is 2. The van der Waals surface area contributed by atoms with Crippen molar-refractivity contribution in [2.45, 2.75) is 0 Å². The summed E-state index contributed by atoms with van der Waals surface area (Å²) in [6.07, 6.45) is 0. The maximum absolute atomic E-state index is 11.8. The molecule has 0 heterocycles. The van der Waals surface area contributed by atoms with Gasteiger partial charge in [0, 0.05) is 6.07 Å². The molecule has 6 heteroatoms. The van der Waals surface area contributed by atoms with Crippen molar-refractivity contribution in [1.82, 2.24) is 0 Å². The van der Waals surface area contributed by atoms with Crippen LogP contribution < -0.4 is 4.74 Å². The zero-order chi connectivity index (χ0) is 18.7. The molecule has 3 rings (SSSR count). The van der Waals surface area contributed by atoms with Gasteiger partial charge in [0.15, 0.2) is 0 Å². The van der Waals surface area contributed by atoms with Crippen molar-refractivity contribution in [3.05, 3.63) is 77.9 Å². The average molecular weight is 350 g/mol. The van der Waals surface area contributed by atoms with Crippen molar-refractivity contribution in [3.63, 3.8) is 0 Å². The van der Waals surface area contributed by atoms with Crippen LogP contribution in [0.2, 0.25) is 0 Å². The van der Waals surface area contributed by atoms with E-state index in [2.05, 4.69) is 0 Å². The van der Waals surface area contributed by atoms with Crippen molar-refractivity contribution in [2.75, 3.05) is 0 Å². The van der Waals surface area contributed by atoms with Crippen LogP contribution in [0.1, 0.15) is 20.7 Å². The number of carboxylic acid groups (broad SMARTS) is 2. The summed E-state index contributed by atoms with van der Waals surface area (Å²) < 4.78 is 5.53. The Morgan fingerprint density at radius 1 is 0.769 bits per heavy atom. The van der Waals surface area contributed by atoms with Crippen LogP contribution in [0.15, 0.2) is 66.7 Å². The lowest BCUT2D eigenvalue weighted by atomic mass is 9.94. The van der Waals surface area contributed by atoms with Gasteiger partial charge in [-0.1, -0.05) is 36.4 Å². The van der Waals surface area contributed by atoms with Crippen molar-refractivity contribution in [1.29, 1.82) is 0 Å². The zero-order valence-electron chi connectivity index (χ0n) is 13.4. The normalized spacial score (nSPS) is 10.3. The Labute approximate surface area is 148 Å². The highest BCUT2D eigenvalue weighted by atomic mass is 16.5. The number of benzene rings is 3. The molecule has 3 aromatic carbocycles. The van der Waals surface area contributed by atoms with Crippen LogP contribution in [0.5, 0.6) is 17.2 Å². The van der Waals surface area contributed by atoms with Gasteiger partial charge < -0.3 is 20.1 Å². The number of aromatic hydroxyl groups is 1. The van der Waals surface area contributed by atoms with Crippen LogP contribution in [0.3, 0.4) is 0 Å². The lowest BCUT2D eigenvalue weighted by Crippen LogP contribution is -2.11. The second-order valence-corrected chi connectivity index (χ2v) is 5.44. The summed E-state index contributed by atoms with van der Waals surface area (Å²) in [5, 5.41) is 28.8. The van der Waals surface area contributed by atoms with Crippen LogP contribution in [-0.2, 0) is 0 Å². The molecular weight excluding hydrogens is 336 g/mol. The van der Waals surface area contributed by atoms with Crippen LogP contribution in [0.4, 0.5) is 0 Å². The number of hydrogen-bond acceptors (Lipinski definition) is 4. The number of rotatable bonds is 5. The quantitative estimate of drug-likeness (QED) is 0.635. The molecule has 0 amide bonds. The molecule has 0 atom stereocenters. The van der Waals surface area contributed by atoms with E-state index in [9.17, 15) is 24.9 Å². The van der Waals surface area contributed by atoms with E-state index in [0.717, 1.165) is 0 Å². The molecule has 0 saturated heterocycles. The summed E-state index contributed by atoms with van der Waals surface area (Å²) in [7, 11) is 0. The smallest absolute Gasteiger partial charge is 0.340 e. The van der Waals surface area contributed by atoms with E-state index in [1.165, 1.54) is 36.4 Å². The molecule has 0 unspecified atom stereocenters. The first-order valence-corrected chi connectivity index (χ1v) is 7.63. The fourth-order valence-electron chi connectivity index (χ4n) is 2.64. The van der Waals surface area contributed by atoms with E-state index in [1.807, 2.05) is 0 Å². The molecule has 0 radical (unpaired) electrons. The molecular formula is C20H14O6. The first-order valence-electron chi connectivity index (χ1n) is 7.63. The monoisotopic (exact) mass is 350 g/mol. The third kappa shape index (κ3) is 3.34. The molecule has 0 aromatic heterocycles. The Bertz CT molecular complexity index is 979. The summed E-state index contributed by atoms with van der Waals surface area (Å²) in [6, 6.07) is 17.3. The molecule has 3 aromatic rings. The molecule has 0 spiro atoms. The van der Waals surface area contributed by atoms with Crippen molar-refractivity contribution < 1.29 is 29.6 Å². The molecule has 0 bridgehead atoms. The van der Waals surface area contributed by atoms with E-state index in [0.29, 0.717) is 5.56 Å². The van der Waals surface area contributed by atoms with Crippen LogP contribution in [0.25, 0.3) is 11.1 Å². The standard InChI is InChI=1S/C20H14O6/c21-13-7-4-8-14(11-13)26-16-10-9-15(12-5-2-1-3-6-12)17(19(22)23)18(16)20(24)25/h1-11,21H,(H,22,23)(H,24,25). The second-order valence-electron chi connectivity index (χ2n) is 5.44. The first-order chi connectivity index (χ1) is 12.5. The molecule has 0 aliphatic carbocycles. The van der Waals surface area contributed by atoms with E-state index in [-0.39, 0.29) is 28.4 Å². The lowest BCUT2D eigenvalue weighted by Gasteiger charge is -2.15. The van der Waals surface area contributed by atoms with Gasteiger partial charge in [-0.3, -0.25) is 0 Å². The highest BCUT2D eigenvalue weighted by Gasteiger charge is 2.26. The molecule has 0 aliphatic heterocycles. The summed E-state index contributed by atoms with van der Waals surface area (Å²) >= 11 is 0. The number of phenolic OH excluding ortho intramolecular Hbond substituents is 1. The number of hydrogen-bond donors (Lipinski definition) is 3. The maximum Gasteiger partial charge on any atom is 0.340 e. The molecule has 130 valence electrons. The molecule has 0 fully saturated rings. The first kappa shape index (κ1) is 17.0. The fourth-order valence-corrected chi connectivity index (χ4v) is 2.64. The minimum absolute atomic E-state index is 0.0567. The zero-order valence-corrected chi connectivity index (χ0v) is 13.4. The molecule has 3 N–H and O–H groups in total. The topological polar surface area (TPSA) is 104 Å². The van der Waals surface area contributed by atoms with Gasteiger partial charge in [0.25, 0.3) is 0 Å². The largest absolute Gasteiger partial charge is 0.508 e. The number of phenols is 1. The van der Waals surface area contributed by atoms with Gasteiger partial charge >= 0.3 is 11.9 Å². The van der Waals surface area contributed by atoms with E-state index in [1.54, 1.807) is 30.3 Å². The molecule has 26 heavy (non-hydrogen) atoms. The van der Waals surface area contributed by atoms with E-state index in [4.69, 9.17) is 4.74 Å². The summed E-state index contributed by atoms with van der Waals surface area (Å²) in [5.74, 6) is -2.78. The number of carbonyl (C=O) groups is 2. The SMILES string of the molecule is O=C(O)c1c(Oc2cccc(O)c2)ccc(-c2ccccc2)c1C(=O)O. The Morgan fingerprint density at radius 3 is 2.08 bits per heavy atom. The average Bonchev–Trinajstić information content (AvgIpc) is 2.61.